The van der Waals surface area contributed by atoms with Crippen LogP contribution in [0.3, 0.4) is 0 Å². The summed E-state index contributed by atoms with van der Waals surface area (Å²) in [7, 11) is 0. The molecule has 0 aliphatic heterocycles. The Hall–Kier alpha value is -2.19. The van der Waals surface area contributed by atoms with E-state index in [4.69, 9.17) is 5.11 Å². The molecule has 0 aromatic carbocycles. The van der Waals surface area contributed by atoms with Crippen molar-refractivity contribution in [2.75, 3.05) is 0 Å². The minimum Gasteiger partial charge on any atom is -0.478 e. The highest BCUT2D eigenvalue weighted by Gasteiger charge is 2.06. The number of fused-ring (bicyclic) bond motifs is 1. The Kier molecular flexibility index (Phi) is 3.72. The van der Waals surface area contributed by atoms with E-state index in [2.05, 4.69) is 9.97 Å². The van der Waals surface area contributed by atoms with Crippen LogP contribution in [0.15, 0.2) is 45.8 Å². The average Bonchev–Trinajstić information content (AvgIpc) is 2.94. The van der Waals surface area contributed by atoms with Crippen LogP contribution in [0.2, 0.25) is 0 Å². The topological polar surface area (TPSA) is 84.6 Å². The van der Waals surface area contributed by atoms with Crippen molar-refractivity contribution in [3.05, 3.63) is 57.6 Å². The SMILES string of the molecule is O=C(O)c1ccc(SCc2cc(=O)n3ccsc3n2)nc1. The molecule has 0 amide bonds. The first-order valence-corrected chi connectivity index (χ1v) is 7.78. The summed E-state index contributed by atoms with van der Waals surface area (Å²) in [6.07, 6.45) is 3.01. The van der Waals surface area contributed by atoms with Gasteiger partial charge in [0.1, 0.15) is 0 Å². The van der Waals surface area contributed by atoms with E-state index in [-0.39, 0.29) is 11.1 Å². The van der Waals surface area contributed by atoms with Crippen molar-refractivity contribution in [2.45, 2.75) is 10.8 Å². The van der Waals surface area contributed by atoms with Gasteiger partial charge in [0, 0.05) is 29.6 Å². The van der Waals surface area contributed by atoms with Crippen LogP contribution < -0.4 is 5.56 Å². The summed E-state index contributed by atoms with van der Waals surface area (Å²) in [4.78, 5) is 31.7. The van der Waals surface area contributed by atoms with E-state index in [1.54, 1.807) is 12.3 Å². The quantitative estimate of drug-likeness (QED) is 0.742. The van der Waals surface area contributed by atoms with Gasteiger partial charge in [-0.1, -0.05) is 0 Å². The number of hydrogen-bond acceptors (Lipinski definition) is 6. The average molecular weight is 319 g/mol. The fourth-order valence-electron chi connectivity index (χ4n) is 1.70. The fraction of sp³-hybridized carbons (Fsp3) is 0.0769. The van der Waals surface area contributed by atoms with Crippen LogP contribution in [0.5, 0.6) is 0 Å². The monoisotopic (exact) mass is 319 g/mol. The number of carboxylic acids is 1. The highest BCUT2D eigenvalue weighted by molar-refractivity contribution is 7.98. The Morgan fingerprint density at radius 3 is 3.00 bits per heavy atom. The van der Waals surface area contributed by atoms with Gasteiger partial charge < -0.3 is 5.11 Å². The number of hydrogen-bond donors (Lipinski definition) is 1. The normalized spacial score (nSPS) is 10.9. The van der Waals surface area contributed by atoms with Crippen LogP contribution in [-0.4, -0.2) is 25.4 Å². The zero-order valence-corrected chi connectivity index (χ0v) is 12.2. The maximum atomic E-state index is 11.8. The zero-order chi connectivity index (χ0) is 14.8. The minimum atomic E-state index is -1.00. The molecule has 8 heteroatoms. The molecule has 3 rings (SSSR count). The molecule has 0 unspecified atom stereocenters. The summed E-state index contributed by atoms with van der Waals surface area (Å²) in [6.45, 7) is 0. The lowest BCUT2D eigenvalue weighted by Gasteiger charge is -2.01. The van der Waals surface area contributed by atoms with Crippen molar-refractivity contribution in [1.82, 2.24) is 14.4 Å². The standard InChI is InChI=1S/C13H9N3O3S2/c17-11-5-9(15-13-16(11)3-4-20-13)7-21-10-2-1-8(6-14-10)12(18)19/h1-6H,7H2,(H,18,19). The summed E-state index contributed by atoms with van der Waals surface area (Å²) < 4.78 is 1.50. The van der Waals surface area contributed by atoms with E-state index in [9.17, 15) is 9.59 Å². The molecule has 0 spiro atoms. The second-order valence-electron chi connectivity index (χ2n) is 4.12. The Morgan fingerprint density at radius 1 is 1.43 bits per heavy atom. The van der Waals surface area contributed by atoms with E-state index >= 15 is 0 Å². The van der Waals surface area contributed by atoms with Crippen LogP contribution in [0, 0.1) is 0 Å². The Morgan fingerprint density at radius 2 is 2.29 bits per heavy atom. The molecule has 0 bridgehead atoms. The van der Waals surface area contributed by atoms with Gasteiger partial charge >= 0.3 is 5.97 Å². The number of nitrogens with zero attached hydrogens (tertiary/aromatic N) is 3. The van der Waals surface area contributed by atoms with Crippen LogP contribution in [-0.2, 0) is 5.75 Å². The summed E-state index contributed by atoms with van der Waals surface area (Å²) in [5.74, 6) is -0.500. The van der Waals surface area contributed by atoms with Crippen LogP contribution in [0.25, 0.3) is 4.96 Å². The number of pyridine rings is 1. The minimum absolute atomic E-state index is 0.106. The first kappa shape index (κ1) is 13.8. The van der Waals surface area contributed by atoms with Crippen molar-refractivity contribution in [2.24, 2.45) is 0 Å². The highest BCUT2D eigenvalue weighted by atomic mass is 32.2. The molecule has 0 aliphatic rings. The van der Waals surface area contributed by atoms with Gasteiger partial charge in [0.25, 0.3) is 5.56 Å². The predicted molar refractivity (Wildman–Crippen MR) is 80.1 cm³/mol. The molecule has 106 valence electrons. The van der Waals surface area contributed by atoms with Crippen molar-refractivity contribution < 1.29 is 9.90 Å². The number of carboxylic acid groups (broad SMARTS) is 1. The smallest absolute Gasteiger partial charge is 0.337 e. The molecule has 0 radical (unpaired) electrons. The van der Waals surface area contributed by atoms with Gasteiger partial charge in [-0.2, -0.15) is 0 Å². The van der Waals surface area contributed by atoms with E-state index in [0.717, 1.165) is 0 Å². The first-order valence-electron chi connectivity index (χ1n) is 5.91. The lowest BCUT2D eigenvalue weighted by atomic mass is 10.3. The molecule has 3 aromatic heterocycles. The van der Waals surface area contributed by atoms with Gasteiger partial charge in [-0.15, -0.1) is 23.1 Å². The lowest BCUT2D eigenvalue weighted by Crippen LogP contribution is -2.12. The molecule has 3 heterocycles. The third-order valence-corrected chi connectivity index (χ3v) is 4.44. The molecule has 6 nitrogen and oxygen atoms in total. The summed E-state index contributed by atoms with van der Waals surface area (Å²) >= 11 is 2.81. The predicted octanol–water partition coefficient (Wildman–Crippen LogP) is 2.14. The maximum absolute atomic E-state index is 11.8. The number of rotatable bonds is 4. The van der Waals surface area contributed by atoms with Crippen molar-refractivity contribution in [3.63, 3.8) is 0 Å². The second-order valence-corrected chi connectivity index (χ2v) is 5.99. The number of thioether (sulfide) groups is 1. The van der Waals surface area contributed by atoms with E-state index < -0.39 is 5.97 Å². The third kappa shape index (κ3) is 2.96. The van der Waals surface area contributed by atoms with Gasteiger partial charge in [0.05, 0.1) is 16.3 Å². The molecule has 21 heavy (non-hydrogen) atoms. The van der Waals surface area contributed by atoms with E-state index in [0.29, 0.717) is 21.4 Å². The molecular formula is C13H9N3O3S2. The Bertz CT molecular complexity index is 855. The largest absolute Gasteiger partial charge is 0.478 e. The molecule has 3 aromatic rings. The van der Waals surface area contributed by atoms with Gasteiger partial charge in [-0.3, -0.25) is 9.20 Å². The van der Waals surface area contributed by atoms with Gasteiger partial charge in [-0.25, -0.2) is 14.8 Å². The van der Waals surface area contributed by atoms with Crippen LogP contribution in [0.4, 0.5) is 0 Å². The highest BCUT2D eigenvalue weighted by Crippen LogP contribution is 2.20. The van der Waals surface area contributed by atoms with Crippen molar-refractivity contribution in [1.29, 1.82) is 0 Å². The van der Waals surface area contributed by atoms with Gasteiger partial charge in [-0.05, 0) is 12.1 Å². The van der Waals surface area contributed by atoms with E-state index in [1.165, 1.54) is 45.8 Å². The number of aromatic carboxylic acids is 1. The van der Waals surface area contributed by atoms with Gasteiger partial charge in [0.2, 0.25) is 0 Å². The summed E-state index contributed by atoms with van der Waals surface area (Å²) in [6, 6.07) is 4.64. The Labute approximate surface area is 127 Å². The van der Waals surface area contributed by atoms with Crippen LogP contribution >= 0.6 is 23.1 Å². The van der Waals surface area contributed by atoms with Crippen molar-refractivity contribution >= 4 is 34.0 Å². The molecule has 0 fully saturated rings. The maximum Gasteiger partial charge on any atom is 0.337 e. The third-order valence-electron chi connectivity index (χ3n) is 2.71. The molecule has 0 atom stereocenters. The summed E-state index contributed by atoms with van der Waals surface area (Å²) in [5.41, 5.74) is 0.721. The first-order chi connectivity index (χ1) is 10.1. The van der Waals surface area contributed by atoms with Crippen molar-refractivity contribution in [3.8, 4) is 0 Å². The lowest BCUT2D eigenvalue weighted by molar-refractivity contribution is 0.0696. The molecule has 0 saturated heterocycles. The Balaban J connectivity index is 1.76. The second kappa shape index (κ2) is 5.66. The molecule has 0 aliphatic carbocycles. The van der Waals surface area contributed by atoms with E-state index in [1.807, 2.05) is 5.38 Å². The van der Waals surface area contributed by atoms with Crippen LogP contribution in [0.1, 0.15) is 16.1 Å². The number of aromatic nitrogens is 3. The zero-order valence-electron chi connectivity index (χ0n) is 10.6. The molecule has 0 saturated carbocycles. The molecule has 1 N–H and O–H groups in total. The molecular weight excluding hydrogens is 310 g/mol. The van der Waals surface area contributed by atoms with Gasteiger partial charge in [0.15, 0.2) is 4.96 Å². The number of carbonyl (C=O) groups is 1. The fourth-order valence-corrected chi connectivity index (χ4v) is 3.18. The number of thiazole rings is 1. The summed E-state index contributed by atoms with van der Waals surface area (Å²) in [5, 5.41) is 11.3.